The van der Waals surface area contributed by atoms with Gasteiger partial charge in [0.25, 0.3) is 0 Å². The third-order valence-electron chi connectivity index (χ3n) is 2.77. The molecule has 0 bridgehead atoms. The van der Waals surface area contributed by atoms with Gasteiger partial charge in [-0.05, 0) is 11.1 Å². The Labute approximate surface area is 107 Å². The smallest absolute Gasteiger partial charge is 0.122 e. The van der Waals surface area contributed by atoms with Crippen molar-refractivity contribution in [3.8, 4) is 0 Å². The summed E-state index contributed by atoms with van der Waals surface area (Å²) >= 11 is 0. The molecule has 0 aromatic heterocycles. The summed E-state index contributed by atoms with van der Waals surface area (Å²) < 4.78 is 0. The predicted octanol–water partition coefficient (Wildman–Crippen LogP) is 2.26. The van der Waals surface area contributed by atoms with Crippen molar-refractivity contribution in [2.75, 3.05) is 0 Å². The lowest BCUT2D eigenvalue weighted by Gasteiger charge is -2.06. The highest BCUT2D eigenvalue weighted by Gasteiger charge is 1.97. The molecule has 0 saturated heterocycles. The van der Waals surface area contributed by atoms with Gasteiger partial charge in [-0.15, -0.1) is 0 Å². The molecule has 0 aliphatic heterocycles. The SMILES string of the molecule is N=C(N)c1ccc(CNCc2ccccc2)cc1. The lowest BCUT2D eigenvalue weighted by atomic mass is 10.1. The first-order valence-electron chi connectivity index (χ1n) is 5.93. The second-order valence-corrected chi connectivity index (χ2v) is 4.20. The summed E-state index contributed by atoms with van der Waals surface area (Å²) in [4.78, 5) is 0. The molecule has 0 radical (unpaired) electrons. The number of nitrogens with one attached hydrogen (secondary N) is 2. The minimum atomic E-state index is 0.110. The Kier molecular flexibility index (Phi) is 4.10. The average Bonchev–Trinajstić information content (AvgIpc) is 2.40. The van der Waals surface area contributed by atoms with Crippen LogP contribution in [0.25, 0.3) is 0 Å². The van der Waals surface area contributed by atoms with E-state index in [9.17, 15) is 0 Å². The van der Waals surface area contributed by atoms with Crippen molar-refractivity contribution >= 4 is 5.84 Å². The molecule has 0 heterocycles. The number of benzene rings is 2. The maximum atomic E-state index is 7.32. The zero-order chi connectivity index (χ0) is 12.8. The van der Waals surface area contributed by atoms with Gasteiger partial charge < -0.3 is 11.1 Å². The molecule has 0 fully saturated rings. The summed E-state index contributed by atoms with van der Waals surface area (Å²) in [5.41, 5.74) is 8.64. The van der Waals surface area contributed by atoms with Crippen molar-refractivity contribution in [2.24, 2.45) is 5.73 Å². The molecule has 0 saturated carbocycles. The van der Waals surface area contributed by atoms with E-state index in [1.165, 1.54) is 11.1 Å². The van der Waals surface area contributed by atoms with Gasteiger partial charge in [-0.3, -0.25) is 5.41 Å². The lowest BCUT2D eigenvalue weighted by Crippen LogP contribution is -2.13. The van der Waals surface area contributed by atoms with E-state index < -0.39 is 0 Å². The van der Waals surface area contributed by atoms with Crippen LogP contribution >= 0.6 is 0 Å². The Hall–Kier alpha value is -2.13. The van der Waals surface area contributed by atoms with Crippen molar-refractivity contribution in [1.82, 2.24) is 5.32 Å². The summed E-state index contributed by atoms with van der Waals surface area (Å²) in [5.74, 6) is 0.110. The first kappa shape index (κ1) is 12.3. The molecule has 2 aromatic rings. The topological polar surface area (TPSA) is 61.9 Å². The van der Waals surface area contributed by atoms with Gasteiger partial charge in [0.1, 0.15) is 5.84 Å². The number of nitrogens with two attached hydrogens (primary N) is 1. The summed E-state index contributed by atoms with van der Waals surface area (Å²) in [6.45, 7) is 1.67. The van der Waals surface area contributed by atoms with Crippen LogP contribution in [0.15, 0.2) is 54.6 Å². The largest absolute Gasteiger partial charge is 0.384 e. The van der Waals surface area contributed by atoms with Crippen molar-refractivity contribution in [3.05, 3.63) is 71.3 Å². The van der Waals surface area contributed by atoms with Gasteiger partial charge in [0.2, 0.25) is 0 Å². The molecular formula is C15H17N3. The molecule has 0 aliphatic carbocycles. The Bertz CT molecular complexity index is 503. The van der Waals surface area contributed by atoms with Crippen molar-refractivity contribution in [1.29, 1.82) is 5.41 Å². The Morgan fingerprint density at radius 3 is 2.00 bits per heavy atom. The van der Waals surface area contributed by atoms with E-state index in [1.54, 1.807) is 0 Å². The maximum absolute atomic E-state index is 7.32. The molecule has 0 unspecified atom stereocenters. The lowest BCUT2D eigenvalue weighted by molar-refractivity contribution is 0.693. The summed E-state index contributed by atoms with van der Waals surface area (Å²) in [7, 11) is 0. The monoisotopic (exact) mass is 239 g/mol. The molecule has 92 valence electrons. The second kappa shape index (κ2) is 5.98. The summed E-state index contributed by atoms with van der Waals surface area (Å²) in [5, 5.41) is 10.7. The molecule has 0 aliphatic rings. The summed E-state index contributed by atoms with van der Waals surface area (Å²) in [6, 6.07) is 18.0. The van der Waals surface area contributed by atoms with Crippen LogP contribution in [0.5, 0.6) is 0 Å². The van der Waals surface area contributed by atoms with Gasteiger partial charge >= 0.3 is 0 Å². The summed E-state index contributed by atoms with van der Waals surface area (Å²) in [6.07, 6.45) is 0. The van der Waals surface area contributed by atoms with Gasteiger partial charge in [-0.2, -0.15) is 0 Å². The van der Waals surface area contributed by atoms with Crippen LogP contribution in [0, 0.1) is 5.41 Å². The van der Waals surface area contributed by atoms with E-state index in [0.717, 1.165) is 18.7 Å². The van der Waals surface area contributed by atoms with E-state index in [2.05, 4.69) is 17.4 Å². The fourth-order valence-electron chi connectivity index (χ4n) is 1.75. The number of hydrogen-bond acceptors (Lipinski definition) is 2. The molecule has 2 rings (SSSR count). The zero-order valence-corrected chi connectivity index (χ0v) is 10.2. The van der Waals surface area contributed by atoms with Crippen molar-refractivity contribution < 1.29 is 0 Å². The van der Waals surface area contributed by atoms with Crippen LogP contribution in [0.1, 0.15) is 16.7 Å². The van der Waals surface area contributed by atoms with E-state index in [1.807, 2.05) is 42.5 Å². The molecular weight excluding hydrogens is 222 g/mol. The fourth-order valence-corrected chi connectivity index (χ4v) is 1.75. The standard InChI is InChI=1S/C15H17N3/c16-15(17)14-8-6-13(7-9-14)11-18-10-12-4-2-1-3-5-12/h1-9,18H,10-11H2,(H3,16,17). The van der Waals surface area contributed by atoms with Gasteiger partial charge in [0.05, 0.1) is 0 Å². The van der Waals surface area contributed by atoms with Gasteiger partial charge in [0.15, 0.2) is 0 Å². The molecule has 3 nitrogen and oxygen atoms in total. The van der Waals surface area contributed by atoms with Crippen molar-refractivity contribution in [3.63, 3.8) is 0 Å². The van der Waals surface area contributed by atoms with Crippen LogP contribution in [0.2, 0.25) is 0 Å². The molecule has 0 spiro atoms. The Morgan fingerprint density at radius 1 is 0.889 bits per heavy atom. The van der Waals surface area contributed by atoms with E-state index in [4.69, 9.17) is 11.1 Å². The van der Waals surface area contributed by atoms with E-state index >= 15 is 0 Å². The molecule has 3 heteroatoms. The van der Waals surface area contributed by atoms with Crippen LogP contribution in [-0.4, -0.2) is 5.84 Å². The highest BCUT2D eigenvalue weighted by molar-refractivity contribution is 5.94. The third kappa shape index (κ3) is 3.43. The quantitative estimate of drug-likeness (QED) is 0.553. The first-order chi connectivity index (χ1) is 8.75. The normalized spacial score (nSPS) is 10.2. The van der Waals surface area contributed by atoms with Crippen LogP contribution in [0.3, 0.4) is 0 Å². The molecule has 18 heavy (non-hydrogen) atoms. The fraction of sp³-hybridized carbons (Fsp3) is 0.133. The number of rotatable bonds is 5. The predicted molar refractivity (Wildman–Crippen MR) is 74.4 cm³/mol. The van der Waals surface area contributed by atoms with Crippen LogP contribution in [-0.2, 0) is 13.1 Å². The third-order valence-corrected chi connectivity index (χ3v) is 2.77. The molecule has 0 amide bonds. The number of nitrogen functional groups attached to an aromatic ring is 1. The number of amidine groups is 1. The Balaban J connectivity index is 1.85. The molecule has 2 aromatic carbocycles. The zero-order valence-electron chi connectivity index (χ0n) is 10.2. The van der Waals surface area contributed by atoms with Gasteiger partial charge in [-0.1, -0.05) is 54.6 Å². The first-order valence-corrected chi connectivity index (χ1v) is 5.93. The van der Waals surface area contributed by atoms with Gasteiger partial charge in [0, 0.05) is 18.7 Å². The Morgan fingerprint density at radius 2 is 1.44 bits per heavy atom. The van der Waals surface area contributed by atoms with Crippen LogP contribution in [0.4, 0.5) is 0 Å². The number of hydrogen-bond donors (Lipinski definition) is 3. The molecule has 0 atom stereocenters. The highest BCUT2D eigenvalue weighted by Crippen LogP contribution is 2.04. The van der Waals surface area contributed by atoms with E-state index in [-0.39, 0.29) is 5.84 Å². The van der Waals surface area contributed by atoms with Gasteiger partial charge in [-0.25, -0.2) is 0 Å². The van der Waals surface area contributed by atoms with Crippen molar-refractivity contribution in [2.45, 2.75) is 13.1 Å². The van der Waals surface area contributed by atoms with E-state index in [0.29, 0.717) is 0 Å². The highest BCUT2D eigenvalue weighted by atomic mass is 14.8. The second-order valence-electron chi connectivity index (χ2n) is 4.20. The average molecular weight is 239 g/mol. The maximum Gasteiger partial charge on any atom is 0.122 e. The molecule has 4 N–H and O–H groups in total. The minimum Gasteiger partial charge on any atom is -0.384 e. The minimum absolute atomic E-state index is 0.110. The van der Waals surface area contributed by atoms with Crippen LogP contribution < -0.4 is 11.1 Å².